The molecule has 0 saturated carbocycles. The summed E-state index contributed by atoms with van der Waals surface area (Å²) in [6.07, 6.45) is 1.17. The standard InChI is InChI=1S/C15H18N2O3S2/c1-11-8-13(22(2,19)20)5-6-14(11)16-10-15(18)17-9-12-4-3-7-21-12/h3-8,16H,9-10H2,1-2H3,(H,17,18). The monoisotopic (exact) mass is 338 g/mol. The van der Waals surface area contributed by atoms with Crippen LogP contribution in [0.1, 0.15) is 10.4 Å². The van der Waals surface area contributed by atoms with E-state index in [1.165, 1.54) is 12.3 Å². The number of anilines is 1. The normalized spacial score (nSPS) is 11.2. The first-order valence-corrected chi connectivity index (χ1v) is 9.47. The van der Waals surface area contributed by atoms with Gasteiger partial charge in [-0.05, 0) is 42.1 Å². The minimum atomic E-state index is -3.21. The van der Waals surface area contributed by atoms with Crippen LogP contribution in [0.15, 0.2) is 40.6 Å². The lowest BCUT2D eigenvalue weighted by Crippen LogP contribution is -2.29. The summed E-state index contributed by atoms with van der Waals surface area (Å²) < 4.78 is 23.0. The Kier molecular flexibility index (Phi) is 5.20. The SMILES string of the molecule is Cc1cc(S(C)(=O)=O)ccc1NCC(=O)NCc1cccs1. The third-order valence-corrected chi connectivity index (χ3v) is 5.09. The van der Waals surface area contributed by atoms with E-state index in [2.05, 4.69) is 10.6 Å². The number of sulfone groups is 1. The first kappa shape index (κ1) is 16.5. The fourth-order valence-electron chi connectivity index (χ4n) is 1.90. The molecule has 2 N–H and O–H groups in total. The molecule has 0 saturated heterocycles. The zero-order chi connectivity index (χ0) is 16.2. The van der Waals surface area contributed by atoms with Gasteiger partial charge in [-0.2, -0.15) is 0 Å². The summed E-state index contributed by atoms with van der Waals surface area (Å²) in [6.45, 7) is 2.47. The van der Waals surface area contributed by atoms with Gasteiger partial charge in [0.2, 0.25) is 5.91 Å². The molecule has 7 heteroatoms. The van der Waals surface area contributed by atoms with Crippen LogP contribution in [0.3, 0.4) is 0 Å². The molecular weight excluding hydrogens is 320 g/mol. The number of benzene rings is 1. The summed E-state index contributed by atoms with van der Waals surface area (Å²) in [7, 11) is -3.21. The summed E-state index contributed by atoms with van der Waals surface area (Å²) in [5.41, 5.74) is 1.53. The van der Waals surface area contributed by atoms with Crippen LogP contribution in [0, 0.1) is 6.92 Å². The highest BCUT2D eigenvalue weighted by Crippen LogP contribution is 2.19. The van der Waals surface area contributed by atoms with Gasteiger partial charge in [0.1, 0.15) is 0 Å². The molecule has 1 heterocycles. The van der Waals surface area contributed by atoms with Gasteiger partial charge in [-0.3, -0.25) is 4.79 Å². The van der Waals surface area contributed by atoms with Gasteiger partial charge < -0.3 is 10.6 Å². The van der Waals surface area contributed by atoms with Crippen molar-refractivity contribution in [2.45, 2.75) is 18.4 Å². The molecule has 1 aromatic heterocycles. The number of carbonyl (C=O) groups is 1. The van der Waals surface area contributed by atoms with Crippen LogP contribution in [0.2, 0.25) is 0 Å². The van der Waals surface area contributed by atoms with E-state index in [0.29, 0.717) is 6.54 Å². The Hall–Kier alpha value is -1.86. The van der Waals surface area contributed by atoms with Gasteiger partial charge in [-0.1, -0.05) is 6.07 Å². The molecule has 0 aliphatic heterocycles. The van der Waals surface area contributed by atoms with E-state index in [-0.39, 0.29) is 17.3 Å². The molecule has 0 aliphatic rings. The lowest BCUT2D eigenvalue weighted by Gasteiger charge is -2.11. The first-order valence-electron chi connectivity index (χ1n) is 6.70. The van der Waals surface area contributed by atoms with Crippen LogP contribution in [0.5, 0.6) is 0 Å². The van der Waals surface area contributed by atoms with Gasteiger partial charge >= 0.3 is 0 Å². The minimum absolute atomic E-state index is 0.111. The lowest BCUT2D eigenvalue weighted by molar-refractivity contribution is -0.119. The Morgan fingerprint density at radius 2 is 2.05 bits per heavy atom. The van der Waals surface area contributed by atoms with E-state index in [4.69, 9.17) is 0 Å². The highest BCUT2D eigenvalue weighted by atomic mass is 32.2. The molecule has 0 fully saturated rings. The number of nitrogens with one attached hydrogen (secondary N) is 2. The van der Waals surface area contributed by atoms with E-state index < -0.39 is 9.84 Å². The average molecular weight is 338 g/mol. The number of thiophene rings is 1. The Morgan fingerprint density at radius 1 is 1.27 bits per heavy atom. The molecule has 22 heavy (non-hydrogen) atoms. The van der Waals surface area contributed by atoms with E-state index in [0.717, 1.165) is 16.1 Å². The summed E-state index contributed by atoms with van der Waals surface area (Å²) in [6, 6.07) is 8.72. The molecular formula is C15H18N2O3S2. The van der Waals surface area contributed by atoms with Gasteiger partial charge in [0, 0.05) is 16.8 Å². The van der Waals surface area contributed by atoms with Crippen molar-refractivity contribution in [2.75, 3.05) is 18.1 Å². The quantitative estimate of drug-likeness (QED) is 0.846. The number of hydrogen-bond donors (Lipinski definition) is 2. The van der Waals surface area contributed by atoms with Gasteiger partial charge in [-0.15, -0.1) is 11.3 Å². The van der Waals surface area contributed by atoms with Crippen LogP contribution < -0.4 is 10.6 Å². The molecule has 0 atom stereocenters. The van der Waals surface area contributed by atoms with Crippen molar-refractivity contribution in [2.24, 2.45) is 0 Å². The molecule has 2 aromatic rings. The summed E-state index contributed by atoms with van der Waals surface area (Å²) >= 11 is 1.59. The van der Waals surface area contributed by atoms with Crippen LogP contribution >= 0.6 is 11.3 Å². The van der Waals surface area contributed by atoms with Crippen LogP contribution in [-0.2, 0) is 21.2 Å². The van der Waals surface area contributed by atoms with Crippen molar-refractivity contribution in [3.8, 4) is 0 Å². The average Bonchev–Trinajstić information content (AvgIpc) is 2.96. The fourth-order valence-corrected chi connectivity index (χ4v) is 3.25. The summed E-state index contributed by atoms with van der Waals surface area (Å²) in [4.78, 5) is 13.2. The number of aryl methyl sites for hydroxylation is 1. The molecule has 0 bridgehead atoms. The topological polar surface area (TPSA) is 75.3 Å². The predicted molar refractivity (Wildman–Crippen MR) is 88.9 cm³/mol. The van der Waals surface area contributed by atoms with Gasteiger partial charge in [0.15, 0.2) is 9.84 Å². The Bertz CT molecular complexity index is 753. The second kappa shape index (κ2) is 6.93. The number of hydrogen-bond acceptors (Lipinski definition) is 5. The summed E-state index contributed by atoms with van der Waals surface area (Å²) in [5.74, 6) is -0.111. The number of carbonyl (C=O) groups excluding carboxylic acids is 1. The molecule has 2 rings (SSSR count). The molecule has 118 valence electrons. The van der Waals surface area contributed by atoms with Crippen molar-refractivity contribution >= 4 is 32.8 Å². The van der Waals surface area contributed by atoms with Crippen molar-refractivity contribution in [3.63, 3.8) is 0 Å². The first-order chi connectivity index (χ1) is 10.4. The number of rotatable bonds is 6. The number of amides is 1. The zero-order valence-corrected chi connectivity index (χ0v) is 14.1. The van der Waals surface area contributed by atoms with Gasteiger partial charge in [-0.25, -0.2) is 8.42 Å². The van der Waals surface area contributed by atoms with Crippen molar-refractivity contribution in [3.05, 3.63) is 46.2 Å². The molecule has 5 nitrogen and oxygen atoms in total. The van der Waals surface area contributed by atoms with Gasteiger partial charge in [0.25, 0.3) is 0 Å². The van der Waals surface area contributed by atoms with Crippen molar-refractivity contribution in [1.29, 1.82) is 0 Å². The van der Waals surface area contributed by atoms with Crippen molar-refractivity contribution in [1.82, 2.24) is 5.32 Å². The maximum atomic E-state index is 11.8. The minimum Gasteiger partial charge on any atom is -0.376 e. The van der Waals surface area contributed by atoms with E-state index in [9.17, 15) is 13.2 Å². The third kappa shape index (κ3) is 4.57. The molecule has 0 spiro atoms. The summed E-state index contributed by atoms with van der Waals surface area (Å²) in [5, 5.41) is 7.81. The highest BCUT2D eigenvalue weighted by Gasteiger charge is 2.09. The van der Waals surface area contributed by atoms with E-state index in [1.54, 1.807) is 30.4 Å². The Morgan fingerprint density at radius 3 is 2.64 bits per heavy atom. The smallest absolute Gasteiger partial charge is 0.239 e. The molecule has 1 aromatic carbocycles. The Balaban J connectivity index is 1.90. The van der Waals surface area contributed by atoms with E-state index in [1.807, 2.05) is 17.5 Å². The maximum Gasteiger partial charge on any atom is 0.239 e. The lowest BCUT2D eigenvalue weighted by atomic mass is 10.2. The largest absolute Gasteiger partial charge is 0.376 e. The third-order valence-electron chi connectivity index (χ3n) is 3.11. The van der Waals surface area contributed by atoms with Gasteiger partial charge in [0.05, 0.1) is 18.0 Å². The highest BCUT2D eigenvalue weighted by molar-refractivity contribution is 7.90. The molecule has 0 radical (unpaired) electrons. The van der Waals surface area contributed by atoms with Crippen LogP contribution in [0.25, 0.3) is 0 Å². The second-order valence-electron chi connectivity index (χ2n) is 4.96. The Labute approximate surface area is 134 Å². The van der Waals surface area contributed by atoms with E-state index >= 15 is 0 Å². The second-order valence-corrected chi connectivity index (χ2v) is 8.01. The van der Waals surface area contributed by atoms with Crippen LogP contribution in [-0.4, -0.2) is 27.1 Å². The van der Waals surface area contributed by atoms with Crippen molar-refractivity contribution < 1.29 is 13.2 Å². The fraction of sp³-hybridized carbons (Fsp3) is 0.267. The molecule has 1 amide bonds. The predicted octanol–water partition coefficient (Wildman–Crippen LogP) is 2.19. The zero-order valence-electron chi connectivity index (χ0n) is 12.4. The molecule has 0 aliphatic carbocycles. The molecule has 0 unspecified atom stereocenters. The van der Waals surface area contributed by atoms with Crippen LogP contribution in [0.4, 0.5) is 5.69 Å². The maximum absolute atomic E-state index is 11.8.